The van der Waals surface area contributed by atoms with Crippen LogP contribution in [-0.2, 0) is 4.79 Å². The van der Waals surface area contributed by atoms with Crippen molar-refractivity contribution < 1.29 is 18.3 Å². The molecule has 0 unspecified atom stereocenters. The van der Waals surface area contributed by atoms with Crippen LogP contribution in [0.3, 0.4) is 0 Å². The normalized spacial score (nSPS) is 11.3. The highest BCUT2D eigenvalue weighted by Crippen LogP contribution is 2.28. The number of carbonyl (C=O) groups excluding carboxylic acids is 1. The summed E-state index contributed by atoms with van der Waals surface area (Å²) < 4.78 is 30.3. The van der Waals surface area contributed by atoms with Gasteiger partial charge in [0.15, 0.2) is 4.34 Å². The quantitative estimate of drug-likeness (QED) is 0.372. The minimum Gasteiger partial charge on any atom is -0.435 e. The predicted molar refractivity (Wildman–Crippen MR) is 99.2 cm³/mol. The first-order chi connectivity index (χ1) is 12.6. The Hall–Kier alpha value is -2.52. The van der Waals surface area contributed by atoms with Gasteiger partial charge in [0.05, 0.1) is 22.2 Å². The standard InChI is InChI=1S/C17H13F2N3O2S2/c18-16(19)24-12-7-5-11(6-8-12)9-20-22-15(23)10-25-17-21-13-3-1-2-4-14(13)26-17/h1-9,16H,10H2,(H,22,23). The lowest BCUT2D eigenvalue weighted by atomic mass is 10.2. The summed E-state index contributed by atoms with van der Waals surface area (Å²) in [5, 5.41) is 3.84. The summed E-state index contributed by atoms with van der Waals surface area (Å²) in [7, 11) is 0. The molecule has 3 rings (SSSR count). The molecule has 9 heteroatoms. The molecule has 0 aliphatic rings. The summed E-state index contributed by atoms with van der Waals surface area (Å²) in [6, 6.07) is 13.7. The van der Waals surface area contributed by atoms with E-state index in [-0.39, 0.29) is 17.4 Å². The van der Waals surface area contributed by atoms with E-state index in [0.29, 0.717) is 5.56 Å². The van der Waals surface area contributed by atoms with Crippen molar-refractivity contribution in [1.82, 2.24) is 10.4 Å². The van der Waals surface area contributed by atoms with Crippen molar-refractivity contribution in [2.45, 2.75) is 11.0 Å². The average Bonchev–Trinajstić information content (AvgIpc) is 3.04. The van der Waals surface area contributed by atoms with Crippen LogP contribution in [0.15, 0.2) is 58.0 Å². The molecule has 1 aromatic heterocycles. The molecule has 0 atom stereocenters. The Morgan fingerprint density at radius 3 is 2.77 bits per heavy atom. The molecular weight excluding hydrogens is 380 g/mol. The number of thioether (sulfide) groups is 1. The third kappa shape index (κ3) is 5.24. The zero-order chi connectivity index (χ0) is 18.4. The van der Waals surface area contributed by atoms with Gasteiger partial charge in [-0.05, 0) is 42.0 Å². The first-order valence-electron chi connectivity index (χ1n) is 7.45. The van der Waals surface area contributed by atoms with Gasteiger partial charge in [0.25, 0.3) is 5.91 Å². The molecule has 5 nitrogen and oxygen atoms in total. The predicted octanol–water partition coefficient (Wildman–Crippen LogP) is 4.14. The summed E-state index contributed by atoms with van der Waals surface area (Å²) in [5.41, 5.74) is 3.98. The molecule has 0 saturated carbocycles. The van der Waals surface area contributed by atoms with E-state index < -0.39 is 6.61 Å². The fourth-order valence-corrected chi connectivity index (χ4v) is 3.85. The Morgan fingerprint density at radius 2 is 2.04 bits per heavy atom. The van der Waals surface area contributed by atoms with Crippen LogP contribution in [0.2, 0.25) is 0 Å². The molecule has 0 spiro atoms. The summed E-state index contributed by atoms with van der Waals surface area (Å²) in [6.45, 7) is -2.86. The zero-order valence-electron chi connectivity index (χ0n) is 13.3. The molecule has 1 N–H and O–H groups in total. The van der Waals surface area contributed by atoms with Crippen molar-refractivity contribution >= 4 is 45.4 Å². The lowest BCUT2D eigenvalue weighted by molar-refractivity contribution is -0.118. The number of hydrazone groups is 1. The maximum absolute atomic E-state index is 12.1. The first-order valence-corrected chi connectivity index (χ1v) is 9.25. The minimum atomic E-state index is -2.86. The second kappa shape index (κ2) is 8.72. The van der Waals surface area contributed by atoms with Crippen molar-refractivity contribution in [3.63, 3.8) is 0 Å². The number of hydrogen-bond donors (Lipinski definition) is 1. The third-order valence-corrected chi connectivity index (χ3v) is 5.29. The molecule has 1 amide bonds. The molecule has 134 valence electrons. The number of thiazole rings is 1. The van der Waals surface area contributed by atoms with E-state index in [1.807, 2.05) is 24.3 Å². The fourth-order valence-electron chi connectivity index (χ4n) is 1.99. The number of amides is 1. The molecule has 0 fully saturated rings. The Bertz CT molecular complexity index is 881. The van der Waals surface area contributed by atoms with E-state index in [1.54, 1.807) is 12.1 Å². The van der Waals surface area contributed by atoms with Crippen molar-refractivity contribution in [3.8, 4) is 5.75 Å². The topological polar surface area (TPSA) is 63.6 Å². The van der Waals surface area contributed by atoms with Crippen LogP contribution in [0.25, 0.3) is 10.2 Å². The van der Waals surface area contributed by atoms with Gasteiger partial charge < -0.3 is 4.74 Å². The second-order valence-corrected chi connectivity index (χ2v) is 7.23. The molecule has 0 saturated heterocycles. The second-order valence-electron chi connectivity index (χ2n) is 4.98. The Labute approximate surface area is 156 Å². The minimum absolute atomic E-state index is 0.0634. The molecule has 26 heavy (non-hydrogen) atoms. The van der Waals surface area contributed by atoms with E-state index in [2.05, 4.69) is 20.2 Å². The number of aromatic nitrogens is 1. The molecule has 0 radical (unpaired) electrons. The summed E-state index contributed by atoms with van der Waals surface area (Å²) in [5.74, 6) is -0.00483. The molecular formula is C17H13F2N3O2S2. The van der Waals surface area contributed by atoms with Crippen LogP contribution < -0.4 is 10.2 Å². The molecule has 2 aromatic carbocycles. The van der Waals surface area contributed by atoms with Gasteiger partial charge in [-0.2, -0.15) is 13.9 Å². The number of halogens is 2. The molecule has 3 aromatic rings. The SMILES string of the molecule is O=C(CSc1nc2ccccc2s1)NN=Cc1ccc(OC(F)F)cc1. The van der Waals surface area contributed by atoms with Gasteiger partial charge in [-0.25, -0.2) is 10.4 Å². The Morgan fingerprint density at radius 1 is 1.27 bits per heavy atom. The number of nitrogens with one attached hydrogen (secondary N) is 1. The van der Waals surface area contributed by atoms with Crippen LogP contribution in [-0.4, -0.2) is 29.5 Å². The van der Waals surface area contributed by atoms with E-state index in [9.17, 15) is 13.6 Å². The van der Waals surface area contributed by atoms with Gasteiger partial charge in [0, 0.05) is 0 Å². The molecule has 0 bridgehead atoms. The van der Waals surface area contributed by atoms with Gasteiger partial charge in [-0.15, -0.1) is 11.3 Å². The number of para-hydroxylation sites is 1. The van der Waals surface area contributed by atoms with Crippen LogP contribution in [0.4, 0.5) is 8.78 Å². The number of benzene rings is 2. The largest absolute Gasteiger partial charge is 0.435 e. The number of ether oxygens (including phenoxy) is 1. The average molecular weight is 393 g/mol. The summed E-state index contributed by atoms with van der Waals surface area (Å²) in [4.78, 5) is 16.3. The molecule has 0 aliphatic heterocycles. The maximum atomic E-state index is 12.1. The number of carbonyl (C=O) groups is 1. The third-order valence-electron chi connectivity index (χ3n) is 3.11. The lowest BCUT2D eigenvalue weighted by Gasteiger charge is -2.03. The molecule has 1 heterocycles. The zero-order valence-corrected chi connectivity index (χ0v) is 14.9. The van der Waals surface area contributed by atoms with E-state index in [4.69, 9.17) is 0 Å². The smallest absolute Gasteiger partial charge is 0.387 e. The highest BCUT2D eigenvalue weighted by molar-refractivity contribution is 8.01. The van der Waals surface area contributed by atoms with Gasteiger partial charge >= 0.3 is 6.61 Å². The Kier molecular flexibility index (Phi) is 6.13. The fraction of sp³-hybridized carbons (Fsp3) is 0.118. The number of fused-ring (bicyclic) bond motifs is 1. The lowest BCUT2D eigenvalue weighted by Crippen LogP contribution is -2.19. The van der Waals surface area contributed by atoms with Crippen molar-refractivity contribution in [2.24, 2.45) is 5.10 Å². The van der Waals surface area contributed by atoms with E-state index in [0.717, 1.165) is 14.6 Å². The van der Waals surface area contributed by atoms with Crippen molar-refractivity contribution in [1.29, 1.82) is 0 Å². The van der Waals surface area contributed by atoms with E-state index in [1.165, 1.54) is 41.4 Å². The van der Waals surface area contributed by atoms with Crippen LogP contribution in [0.5, 0.6) is 5.75 Å². The number of alkyl halides is 2. The summed E-state index contributed by atoms with van der Waals surface area (Å²) in [6.07, 6.45) is 1.42. The highest BCUT2D eigenvalue weighted by atomic mass is 32.2. The maximum Gasteiger partial charge on any atom is 0.387 e. The van der Waals surface area contributed by atoms with Crippen molar-refractivity contribution in [3.05, 3.63) is 54.1 Å². The monoisotopic (exact) mass is 393 g/mol. The van der Waals surface area contributed by atoms with Gasteiger partial charge in [-0.3, -0.25) is 4.79 Å². The Balaban J connectivity index is 1.46. The van der Waals surface area contributed by atoms with Crippen LogP contribution in [0.1, 0.15) is 5.56 Å². The van der Waals surface area contributed by atoms with Crippen molar-refractivity contribution in [2.75, 3.05) is 5.75 Å². The first kappa shape index (κ1) is 18.3. The van der Waals surface area contributed by atoms with Crippen LogP contribution >= 0.6 is 23.1 Å². The molecule has 0 aliphatic carbocycles. The van der Waals surface area contributed by atoms with Gasteiger partial charge in [0.2, 0.25) is 0 Å². The number of nitrogens with zero attached hydrogens (tertiary/aromatic N) is 2. The summed E-state index contributed by atoms with van der Waals surface area (Å²) >= 11 is 2.88. The van der Waals surface area contributed by atoms with Crippen LogP contribution in [0, 0.1) is 0 Å². The highest BCUT2D eigenvalue weighted by Gasteiger charge is 2.07. The van der Waals surface area contributed by atoms with Gasteiger partial charge in [-0.1, -0.05) is 23.9 Å². The number of hydrogen-bond acceptors (Lipinski definition) is 6. The van der Waals surface area contributed by atoms with Gasteiger partial charge in [0.1, 0.15) is 5.75 Å². The number of rotatable bonds is 7. The van der Waals surface area contributed by atoms with E-state index >= 15 is 0 Å².